The highest BCUT2D eigenvalue weighted by atomic mass is 79.9. The van der Waals surface area contributed by atoms with Gasteiger partial charge in [-0.3, -0.25) is 0 Å². The first kappa shape index (κ1) is 15.8. The van der Waals surface area contributed by atoms with Crippen molar-refractivity contribution in [2.75, 3.05) is 12.8 Å². The van der Waals surface area contributed by atoms with Crippen LogP contribution in [-0.4, -0.2) is 15.5 Å². The summed E-state index contributed by atoms with van der Waals surface area (Å²) in [4.78, 5) is 0.0542. The number of hydrogen-bond donors (Lipinski definition) is 2. The van der Waals surface area contributed by atoms with Crippen molar-refractivity contribution in [1.82, 2.24) is 4.72 Å². The van der Waals surface area contributed by atoms with Gasteiger partial charge in [0.15, 0.2) is 0 Å². The van der Waals surface area contributed by atoms with Crippen LogP contribution in [0.4, 0.5) is 5.69 Å². The minimum Gasteiger partial charge on any atom is -0.497 e. The van der Waals surface area contributed by atoms with Gasteiger partial charge in [0.05, 0.1) is 12.8 Å². The topological polar surface area (TPSA) is 81.4 Å². The van der Waals surface area contributed by atoms with Gasteiger partial charge in [-0.1, -0.05) is 18.2 Å². The van der Waals surface area contributed by atoms with Crippen molar-refractivity contribution in [1.29, 1.82) is 0 Å². The fourth-order valence-corrected chi connectivity index (χ4v) is 4.03. The van der Waals surface area contributed by atoms with E-state index in [-0.39, 0.29) is 17.1 Å². The molecule has 2 aromatic carbocycles. The van der Waals surface area contributed by atoms with Gasteiger partial charge in [0, 0.05) is 11.0 Å². The SMILES string of the molecule is COc1ccc(CNS(=O)(=O)c2c(N)cccc2Br)cc1. The number of nitrogens with two attached hydrogens (primary N) is 1. The van der Waals surface area contributed by atoms with Gasteiger partial charge >= 0.3 is 0 Å². The first-order valence-electron chi connectivity index (χ1n) is 6.10. The van der Waals surface area contributed by atoms with Crippen molar-refractivity contribution in [3.63, 3.8) is 0 Å². The minimum absolute atomic E-state index is 0.0542. The van der Waals surface area contributed by atoms with E-state index in [0.717, 1.165) is 11.3 Å². The summed E-state index contributed by atoms with van der Waals surface area (Å²) in [5.41, 5.74) is 6.77. The zero-order chi connectivity index (χ0) is 15.5. The van der Waals surface area contributed by atoms with E-state index in [2.05, 4.69) is 20.7 Å². The van der Waals surface area contributed by atoms with E-state index in [1.165, 1.54) is 0 Å². The van der Waals surface area contributed by atoms with Crippen molar-refractivity contribution >= 4 is 31.6 Å². The fraction of sp³-hybridized carbons (Fsp3) is 0.143. The molecule has 21 heavy (non-hydrogen) atoms. The summed E-state index contributed by atoms with van der Waals surface area (Å²) in [7, 11) is -2.11. The van der Waals surface area contributed by atoms with Crippen LogP contribution in [0.5, 0.6) is 5.75 Å². The average molecular weight is 371 g/mol. The van der Waals surface area contributed by atoms with E-state index in [1.807, 2.05) is 0 Å². The zero-order valence-electron chi connectivity index (χ0n) is 11.3. The Bertz CT molecular complexity index is 710. The number of ether oxygens (including phenoxy) is 1. The third kappa shape index (κ3) is 3.75. The van der Waals surface area contributed by atoms with E-state index < -0.39 is 10.0 Å². The van der Waals surface area contributed by atoms with Crippen molar-refractivity contribution in [3.8, 4) is 5.75 Å². The standard InChI is InChI=1S/C14H15BrN2O3S/c1-20-11-7-5-10(6-8-11)9-17-21(18,19)14-12(15)3-2-4-13(14)16/h2-8,17H,9,16H2,1H3. The highest BCUT2D eigenvalue weighted by Gasteiger charge is 2.20. The summed E-state index contributed by atoms with van der Waals surface area (Å²) in [5, 5.41) is 0. The second-order valence-electron chi connectivity index (χ2n) is 4.33. The van der Waals surface area contributed by atoms with Gasteiger partial charge in [-0.2, -0.15) is 0 Å². The first-order chi connectivity index (χ1) is 9.94. The van der Waals surface area contributed by atoms with Crippen molar-refractivity contribution < 1.29 is 13.2 Å². The molecule has 0 unspecified atom stereocenters. The lowest BCUT2D eigenvalue weighted by atomic mass is 10.2. The van der Waals surface area contributed by atoms with Gasteiger partial charge in [-0.15, -0.1) is 0 Å². The Labute approximate surface area is 132 Å². The predicted molar refractivity (Wildman–Crippen MR) is 85.6 cm³/mol. The largest absolute Gasteiger partial charge is 0.497 e. The number of nitrogen functional groups attached to an aromatic ring is 1. The summed E-state index contributed by atoms with van der Waals surface area (Å²) in [6.07, 6.45) is 0. The summed E-state index contributed by atoms with van der Waals surface area (Å²) in [6.45, 7) is 0.174. The van der Waals surface area contributed by atoms with Gasteiger partial charge < -0.3 is 10.5 Å². The molecule has 7 heteroatoms. The Morgan fingerprint density at radius 1 is 1.19 bits per heavy atom. The Balaban J connectivity index is 2.18. The van der Waals surface area contributed by atoms with Crippen LogP contribution in [0, 0.1) is 0 Å². The van der Waals surface area contributed by atoms with Gasteiger partial charge in [-0.25, -0.2) is 13.1 Å². The summed E-state index contributed by atoms with van der Waals surface area (Å²) in [6, 6.07) is 12.0. The molecule has 0 aliphatic carbocycles. The fourth-order valence-electron chi connectivity index (χ4n) is 1.80. The summed E-state index contributed by atoms with van der Waals surface area (Å²) in [5.74, 6) is 0.719. The van der Waals surface area contributed by atoms with Crippen molar-refractivity contribution in [2.45, 2.75) is 11.4 Å². The maximum Gasteiger partial charge on any atom is 0.244 e. The molecule has 2 aromatic rings. The molecule has 0 saturated carbocycles. The smallest absolute Gasteiger partial charge is 0.244 e. The number of rotatable bonds is 5. The summed E-state index contributed by atoms with van der Waals surface area (Å²) < 4.78 is 32.7. The van der Waals surface area contributed by atoms with Gasteiger partial charge in [-0.05, 0) is 45.8 Å². The lowest BCUT2D eigenvalue weighted by molar-refractivity contribution is 0.414. The van der Waals surface area contributed by atoms with Crippen LogP contribution in [0.25, 0.3) is 0 Å². The van der Waals surface area contributed by atoms with Gasteiger partial charge in [0.2, 0.25) is 10.0 Å². The minimum atomic E-state index is -3.69. The lowest BCUT2D eigenvalue weighted by Crippen LogP contribution is -2.24. The van der Waals surface area contributed by atoms with Crippen LogP contribution < -0.4 is 15.2 Å². The Hall–Kier alpha value is -1.57. The molecule has 0 radical (unpaired) electrons. The van der Waals surface area contributed by atoms with Gasteiger partial charge in [0.25, 0.3) is 0 Å². The van der Waals surface area contributed by atoms with E-state index in [1.54, 1.807) is 49.6 Å². The molecule has 2 rings (SSSR count). The van der Waals surface area contributed by atoms with Crippen LogP contribution in [0.2, 0.25) is 0 Å². The molecule has 0 spiro atoms. The second-order valence-corrected chi connectivity index (χ2v) is 6.89. The van der Waals surface area contributed by atoms with E-state index in [9.17, 15) is 8.42 Å². The third-order valence-corrected chi connectivity index (χ3v) is 5.33. The Morgan fingerprint density at radius 2 is 1.86 bits per heavy atom. The third-order valence-electron chi connectivity index (χ3n) is 2.89. The number of nitrogens with one attached hydrogen (secondary N) is 1. The molecule has 5 nitrogen and oxygen atoms in total. The summed E-state index contributed by atoms with van der Waals surface area (Å²) >= 11 is 3.21. The number of methoxy groups -OCH3 is 1. The number of sulfonamides is 1. The van der Waals surface area contributed by atoms with Gasteiger partial charge in [0.1, 0.15) is 10.6 Å². The second kappa shape index (κ2) is 6.46. The van der Waals surface area contributed by atoms with E-state index >= 15 is 0 Å². The zero-order valence-corrected chi connectivity index (χ0v) is 13.7. The van der Waals surface area contributed by atoms with E-state index in [4.69, 9.17) is 10.5 Å². The lowest BCUT2D eigenvalue weighted by Gasteiger charge is -2.11. The molecule has 0 aliphatic heterocycles. The molecule has 0 aliphatic rings. The van der Waals surface area contributed by atoms with Crippen molar-refractivity contribution in [3.05, 3.63) is 52.5 Å². The Morgan fingerprint density at radius 3 is 2.43 bits per heavy atom. The normalized spacial score (nSPS) is 11.3. The molecule has 112 valence electrons. The Kier molecular flexibility index (Phi) is 4.87. The number of benzene rings is 2. The van der Waals surface area contributed by atoms with E-state index in [0.29, 0.717) is 4.47 Å². The maximum atomic E-state index is 12.3. The monoisotopic (exact) mass is 370 g/mol. The van der Waals surface area contributed by atoms with Crippen LogP contribution >= 0.6 is 15.9 Å². The van der Waals surface area contributed by atoms with Crippen LogP contribution in [0.3, 0.4) is 0 Å². The molecule has 0 atom stereocenters. The molecule has 0 bridgehead atoms. The quantitative estimate of drug-likeness (QED) is 0.792. The molecule has 0 amide bonds. The highest BCUT2D eigenvalue weighted by Crippen LogP contribution is 2.27. The molecule has 0 aromatic heterocycles. The maximum absolute atomic E-state index is 12.3. The molecule has 0 fully saturated rings. The van der Waals surface area contributed by atoms with Crippen molar-refractivity contribution in [2.24, 2.45) is 0 Å². The molecular weight excluding hydrogens is 356 g/mol. The number of anilines is 1. The number of hydrogen-bond acceptors (Lipinski definition) is 4. The average Bonchev–Trinajstić information content (AvgIpc) is 2.45. The molecular formula is C14H15BrN2O3S. The highest BCUT2D eigenvalue weighted by molar-refractivity contribution is 9.10. The molecule has 0 heterocycles. The van der Waals surface area contributed by atoms with Crippen LogP contribution in [0.1, 0.15) is 5.56 Å². The number of halogens is 1. The predicted octanol–water partition coefficient (Wildman–Crippen LogP) is 2.52. The molecule has 3 N–H and O–H groups in total. The first-order valence-corrected chi connectivity index (χ1v) is 8.38. The molecule has 0 saturated heterocycles. The van der Waals surface area contributed by atoms with Crippen LogP contribution in [0.15, 0.2) is 51.8 Å². The van der Waals surface area contributed by atoms with Crippen LogP contribution in [-0.2, 0) is 16.6 Å².